The zero-order valence-corrected chi connectivity index (χ0v) is 13.5. The Labute approximate surface area is 136 Å². The van der Waals surface area contributed by atoms with Crippen LogP contribution < -0.4 is 4.90 Å². The van der Waals surface area contributed by atoms with E-state index in [0.29, 0.717) is 17.6 Å². The molecule has 120 valence electrons. The van der Waals surface area contributed by atoms with Gasteiger partial charge in [-0.05, 0) is 31.7 Å². The first-order chi connectivity index (χ1) is 11.0. The number of nitrogens with zero attached hydrogens (tertiary/aromatic N) is 3. The minimum Gasteiger partial charge on any atom is -0.477 e. The van der Waals surface area contributed by atoms with Gasteiger partial charge >= 0.3 is 5.97 Å². The van der Waals surface area contributed by atoms with E-state index in [-0.39, 0.29) is 5.69 Å². The summed E-state index contributed by atoms with van der Waals surface area (Å²) in [6, 6.07) is 9.47. The van der Waals surface area contributed by atoms with Crippen molar-refractivity contribution in [3.05, 3.63) is 41.6 Å². The van der Waals surface area contributed by atoms with Crippen LogP contribution in [0.15, 0.2) is 30.3 Å². The number of hydrogen-bond donors (Lipinski definition) is 1. The summed E-state index contributed by atoms with van der Waals surface area (Å²) in [4.78, 5) is 22.4. The Morgan fingerprint density at radius 2 is 1.83 bits per heavy atom. The van der Waals surface area contributed by atoms with Crippen molar-refractivity contribution in [1.82, 2.24) is 9.97 Å². The lowest BCUT2D eigenvalue weighted by molar-refractivity contribution is 0.0690. The van der Waals surface area contributed by atoms with Gasteiger partial charge in [-0.25, -0.2) is 14.8 Å². The highest BCUT2D eigenvalue weighted by Gasteiger charge is 2.20. The minimum atomic E-state index is -1.02. The molecule has 2 heterocycles. The summed E-state index contributed by atoms with van der Waals surface area (Å²) in [6.07, 6.45) is 2.17. The van der Waals surface area contributed by atoms with Crippen molar-refractivity contribution in [1.29, 1.82) is 0 Å². The van der Waals surface area contributed by atoms with Gasteiger partial charge in [-0.1, -0.05) is 36.8 Å². The molecule has 0 bridgehead atoms. The molecule has 1 N–H and O–H groups in total. The fourth-order valence-corrected chi connectivity index (χ4v) is 2.77. The summed E-state index contributed by atoms with van der Waals surface area (Å²) >= 11 is 0. The summed E-state index contributed by atoms with van der Waals surface area (Å²) in [5.41, 5.74) is 2.77. The van der Waals surface area contributed by atoms with Crippen LogP contribution in [0.3, 0.4) is 0 Å². The van der Waals surface area contributed by atoms with Crippen molar-refractivity contribution < 1.29 is 9.90 Å². The zero-order valence-electron chi connectivity index (χ0n) is 13.5. The standard InChI is InChI=1S/C18H21N3O2/c1-12-3-5-14(6-4-12)15-11-16(17(22)23)20-18(19-15)21-9-7-13(2)8-10-21/h3-6,11,13H,7-10H2,1-2H3,(H,22,23). The van der Waals surface area contributed by atoms with Crippen molar-refractivity contribution in [3.8, 4) is 11.3 Å². The number of carbonyl (C=O) groups is 1. The molecule has 0 saturated carbocycles. The average Bonchev–Trinajstić information content (AvgIpc) is 2.55. The third-order valence-corrected chi connectivity index (χ3v) is 4.35. The normalized spacial score (nSPS) is 15.7. The SMILES string of the molecule is Cc1ccc(-c2cc(C(=O)O)nc(N3CCC(C)CC3)n2)cc1. The molecule has 0 aliphatic carbocycles. The van der Waals surface area contributed by atoms with Crippen molar-refractivity contribution in [2.45, 2.75) is 26.7 Å². The summed E-state index contributed by atoms with van der Waals surface area (Å²) in [6.45, 7) is 6.01. The number of rotatable bonds is 3. The second-order valence-electron chi connectivity index (χ2n) is 6.28. The molecule has 1 aliphatic heterocycles. The van der Waals surface area contributed by atoms with Gasteiger partial charge in [-0.3, -0.25) is 0 Å². The number of piperidine rings is 1. The number of hydrogen-bond acceptors (Lipinski definition) is 4. The first-order valence-electron chi connectivity index (χ1n) is 7.97. The maximum atomic E-state index is 11.4. The van der Waals surface area contributed by atoms with E-state index in [4.69, 9.17) is 0 Å². The second kappa shape index (κ2) is 6.36. The van der Waals surface area contributed by atoms with Crippen LogP contribution in [0.1, 0.15) is 35.8 Å². The highest BCUT2D eigenvalue weighted by atomic mass is 16.4. The van der Waals surface area contributed by atoms with Crippen molar-refractivity contribution >= 4 is 11.9 Å². The molecular weight excluding hydrogens is 290 g/mol. The molecule has 1 saturated heterocycles. The lowest BCUT2D eigenvalue weighted by Crippen LogP contribution is -2.34. The number of anilines is 1. The molecule has 1 aliphatic rings. The van der Waals surface area contributed by atoms with Crippen LogP contribution >= 0.6 is 0 Å². The third-order valence-electron chi connectivity index (χ3n) is 4.35. The van der Waals surface area contributed by atoms with Crippen molar-refractivity contribution in [2.24, 2.45) is 5.92 Å². The van der Waals surface area contributed by atoms with E-state index in [1.165, 1.54) is 0 Å². The van der Waals surface area contributed by atoms with Gasteiger partial charge in [0.15, 0.2) is 5.69 Å². The molecule has 0 amide bonds. The lowest BCUT2D eigenvalue weighted by Gasteiger charge is -2.30. The van der Waals surface area contributed by atoms with E-state index in [1.807, 2.05) is 31.2 Å². The Morgan fingerprint density at radius 3 is 2.43 bits per heavy atom. The second-order valence-corrected chi connectivity index (χ2v) is 6.28. The highest BCUT2D eigenvalue weighted by Crippen LogP contribution is 2.24. The number of aromatic nitrogens is 2. The van der Waals surface area contributed by atoms with Crippen LogP contribution in [0.5, 0.6) is 0 Å². The predicted molar refractivity (Wildman–Crippen MR) is 89.8 cm³/mol. The molecular formula is C18H21N3O2. The van der Waals surface area contributed by atoms with Gasteiger partial charge in [0, 0.05) is 18.7 Å². The van der Waals surface area contributed by atoms with Gasteiger partial charge in [0.25, 0.3) is 0 Å². The molecule has 23 heavy (non-hydrogen) atoms. The van der Waals surface area contributed by atoms with E-state index in [1.54, 1.807) is 6.07 Å². The number of aromatic carboxylic acids is 1. The molecule has 0 radical (unpaired) electrons. The van der Waals surface area contributed by atoms with Crippen molar-refractivity contribution in [3.63, 3.8) is 0 Å². The summed E-state index contributed by atoms with van der Waals surface area (Å²) in [5.74, 6) is 0.199. The Hall–Kier alpha value is -2.43. The van der Waals surface area contributed by atoms with Gasteiger partial charge in [-0.15, -0.1) is 0 Å². The minimum absolute atomic E-state index is 0.0456. The van der Waals surface area contributed by atoms with Crippen LogP contribution in [-0.4, -0.2) is 34.1 Å². The van der Waals surface area contributed by atoms with E-state index >= 15 is 0 Å². The quantitative estimate of drug-likeness (QED) is 0.941. The van der Waals surface area contributed by atoms with Crippen LogP contribution in [0, 0.1) is 12.8 Å². The van der Waals surface area contributed by atoms with Gasteiger partial charge in [0.2, 0.25) is 5.95 Å². The Balaban J connectivity index is 1.99. The van der Waals surface area contributed by atoms with E-state index < -0.39 is 5.97 Å². The monoisotopic (exact) mass is 311 g/mol. The van der Waals surface area contributed by atoms with Gasteiger partial charge in [0.05, 0.1) is 5.69 Å². The Morgan fingerprint density at radius 1 is 1.17 bits per heavy atom. The van der Waals surface area contributed by atoms with E-state index in [2.05, 4.69) is 21.8 Å². The molecule has 5 nitrogen and oxygen atoms in total. The molecule has 0 unspecified atom stereocenters. The number of carboxylic acids is 1. The maximum absolute atomic E-state index is 11.4. The molecule has 3 rings (SSSR count). The third kappa shape index (κ3) is 3.50. The lowest BCUT2D eigenvalue weighted by atomic mass is 9.99. The topological polar surface area (TPSA) is 66.3 Å². The molecule has 1 aromatic carbocycles. The van der Waals surface area contributed by atoms with Gasteiger partial charge < -0.3 is 10.0 Å². The van der Waals surface area contributed by atoms with E-state index in [9.17, 15) is 9.90 Å². The maximum Gasteiger partial charge on any atom is 0.354 e. The smallest absolute Gasteiger partial charge is 0.354 e. The largest absolute Gasteiger partial charge is 0.477 e. The number of benzene rings is 1. The summed E-state index contributed by atoms with van der Waals surface area (Å²) < 4.78 is 0. The van der Waals surface area contributed by atoms with Gasteiger partial charge in [0.1, 0.15) is 0 Å². The van der Waals surface area contributed by atoms with Crippen LogP contribution in [-0.2, 0) is 0 Å². The predicted octanol–water partition coefficient (Wildman–Crippen LogP) is 3.39. The molecule has 1 fully saturated rings. The highest BCUT2D eigenvalue weighted by molar-refractivity contribution is 5.87. The summed E-state index contributed by atoms with van der Waals surface area (Å²) in [5, 5.41) is 9.36. The fraction of sp³-hybridized carbons (Fsp3) is 0.389. The van der Waals surface area contributed by atoms with Crippen molar-refractivity contribution in [2.75, 3.05) is 18.0 Å². The Kier molecular flexibility index (Phi) is 4.28. The van der Waals surface area contributed by atoms with Gasteiger partial charge in [-0.2, -0.15) is 0 Å². The summed E-state index contributed by atoms with van der Waals surface area (Å²) in [7, 11) is 0. The first-order valence-corrected chi connectivity index (χ1v) is 7.97. The first kappa shape index (κ1) is 15.5. The zero-order chi connectivity index (χ0) is 16.4. The average molecular weight is 311 g/mol. The molecule has 0 atom stereocenters. The Bertz CT molecular complexity index is 705. The van der Waals surface area contributed by atoms with Crippen LogP contribution in [0.25, 0.3) is 11.3 Å². The molecule has 5 heteroatoms. The molecule has 1 aromatic heterocycles. The number of carboxylic acid groups (broad SMARTS) is 1. The van der Waals surface area contributed by atoms with Crippen LogP contribution in [0.4, 0.5) is 5.95 Å². The number of aryl methyl sites for hydroxylation is 1. The van der Waals surface area contributed by atoms with E-state index in [0.717, 1.165) is 37.1 Å². The van der Waals surface area contributed by atoms with Crippen LogP contribution in [0.2, 0.25) is 0 Å². The molecule has 0 spiro atoms. The fourth-order valence-electron chi connectivity index (χ4n) is 2.77. The molecule has 2 aromatic rings.